The Labute approximate surface area is 267 Å². The molecular formula is C32H52N4O6S2. The Bertz CT molecular complexity index is 1190. The molecule has 0 atom stereocenters. The molecule has 248 valence electrons. The minimum Gasteiger partial charge on any atom is -0.299 e. The maximum Gasteiger partial charge on any atom is 0.145 e. The Morgan fingerprint density at radius 3 is 1.20 bits per heavy atom. The molecule has 0 aliphatic rings. The molecule has 12 heteroatoms. The molecule has 0 unspecified atom stereocenters. The third kappa shape index (κ3) is 77.1. The molecular weight excluding hydrogens is 601 g/mol. The summed E-state index contributed by atoms with van der Waals surface area (Å²) in [4.78, 5) is 36.8. The van der Waals surface area contributed by atoms with Gasteiger partial charge in [-0.25, -0.2) is 36.8 Å². The molecule has 0 saturated carbocycles. The summed E-state index contributed by atoms with van der Waals surface area (Å²) in [6.07, 6.45) is 17.5. The number of carbonyl (C=O) groups excluding carboxylic acids is 2. The number of nitrogens with zero attached hydrogens (tertiary/aromatic N) is 4. The second kappa shape index (κ2) is 29.6. The minimum absolute atomic E-state index is 0.254. The summed E-state index contributed by atoms with van der Waals surface area (Å²) < 4.78 is 38.5. The molecule has 2 aromatic heterocycles. The van der Waals surface area contributed by atoms with E-state index in [9.17, 15) is 26.4 Å². The fraction of sp³-hybridized carbons (Fsp3) is 0.562. The minimum atomic E-state index is -2.67. The number of carbonyl (C=O) groups is 2. The zero-order chi connectivity index (χ0) is 35.1. The van der Waals surface area contributed by atoms with Crippen LogP contribution in [0.1, 0.15) is 80.6 Å². The summed E-state index contributed by atoms with van der Waals surface area (Å²) in [6, 6.07) is 3.56. The molecule has 2 heterocycles. The fourth-order valence-electron chi connectivity index (χ4n) is 2.01. The van der Waals surface area contributed by atoms with E-state index >= 15 is 0 Å². The van der Waals surface area contributed by atoms with Crippen LogP contribution in [0.4, 0.5) is 0 Å². The molecule has 0 aromatic carbocycles. The van der Waals surface area contributed by atoms with Gasteiger partial charge in [0.1, 0.15) is 43.9 Å². The number of hydrogen-bond donors (Lipinski definition) is 0. The molecule has 0 bridgehead atoms. The van der Waals surface area contributed by atoms with Gasteiger partial charge in [0.15, 0.2) is 0 Å². The molecule has 0 aliphatic heterocycles. The van der Waals surface area contributed by atoms with Crippen LogP contribution in [-0.2, 0) is 29.3 Å². The number of hydrogen-bond acceptors (Lipinski definition) is 10. The molecule has 0 fully saturated rings. The lowest BCUT2D eigenvalue weighted by atomic mass is 9.89. The van der Waals surface area contributed by atoms with Gasteiger partial charge in [0.2, 0.25) is 0 Å². The second-order valence-corrected chi connectivity index (χ2v) is 15.6. The van der Waals surface area contributed by atoms with Crippen molar-refractivity contribution in [1.29, 1.82) is 0 Å². The van der Waals surface area contributed by atoms with Crippen LogP contribution in [-0.4, -0.2) is 73.4 Å². The largest absolute Gasteiger partial charge is 0.299 e. The topological polar surface area (TPSA) is 154 Å². The van der Waals surface area contributed by atoms with Gasteiger partial charge < -0.3 is 0 Å². The highest BCUT2D eigenvalue weighted by molar-refractivity contribution is 7.90. The summed E-state index contributed by atoms with van der Waals surface area (Å²) in [7, 11) is -5.33. The molecule has 0 saturated heterocycles. The van der Waals surface area contributed by atoms with Crippen LogP contribution >= 0.6 is 0 Å². The van der Waals surface area contributed by atoms with Gasteiger partial charge in [0, 0.05) is 62.7 Å². The Balaban J connectivity index is -0.000000226. The molecule has 2 aromatic rings. The van der Waals surface area contributed by atoms with Crippen molar-refractivity contribution in [2.45, 2.75) is 80.6 Å². The first-order valence-corrected chi connectivity index (χ1v) is 18.2. The zero-order valence-corrected chi connectivity index (χ0v) is 29.9. The first kappa shape index (κ1) is 47.5. The van der Waals surface area contributed by atoms with Crippen molar-refractivity contribution >= 4 is 31.2 Å². The maximum atomic E-state index is 11.1. The Kier molecular flexibility index (Phi) is 31.9. The van der Waals surface area contributed by atoms with Crippen molar-refractivity contribution in [3.63, 3.8) is 0 Å². The lowest BCUT2D eigenvalue weighted by molar-refractivity contribution is -0.119. The first-order valence-electron chi connectivity index (χ1n) is 13.6. The molecule has 0 N–H and O–H groups in total. The van der Waals surface area contributed by atoms with Gasteiger partial charge >= 0.3 is 0 Å². The number of Topliss-reactive ketones (excluding diaryl/α,β-unsaturated/α-hetero) is 2. The van der Waals surface area contributed by atoms with Crippen LogP contribution in [0.5, 0.6) is 0 Å². The summed E-state index contributed by atoms with van der Waals surface area (Å²) in [5, 5.41) is 0. The third-order valence-corrected chi connectivity index (χ3v) is 3.67. The number of ketones is 2. The summed E-state index contributed by atoms with van der Waals surface area (Å²) in [5.74, 6) is 11.9. The summed E-state index contributed by atoms with van der Waals surface area (Å²) in [5.41, 5.74) is 0.259. The smallest absolute Gasteiger partial charge is 0.145 e. The van der Waals surface area contributed by atoms with E-state index in [-0.39, 0.29) is 17.0 Å². The third-order valence-electron chi connectivity index (χ3n) is 3.67. The van der Waals surface area contributed by atoms with E-state index in [0.717, 1.165) is 31.4 Å². The van der Waals surface area contributed by atoms with Crippen molar-refractivity contribution in [3.8, 4) is 23.7 Å². The van der Waals surface area contributed by atoms with Gasteiger partial charge in [0.25, 0.3) is 0 Å². The van der Waals surface area contributed by atoms with Crippen molar-refractivity contribution in [1.82, 2.24) is 19.9 Å². The van der Waals surface area contributed by atoms with Gasteiger partial charge in [-0.15, -0.1) is 11.8 Å². The average molecular weight is 653 g/mol. The molecule has 44 heavy (non-hydrogen) atoms. The van der Waals surface area contributed by atoms with E-state index in [0.29, 0.717) is 31.6 Å². The van der Waals surface area contributed by atoms with E-state index in [2.05, 4.69) is 64.4 Å². The van der Waals surface area contributed by atoms with Gasteiger partial charge in [-0.2, -0.15) is 0 Å². The quantitative estimate of drug-likeness (QED) is 0.386. The van der Waals surface area contributed by atoms with Gasteiger partial charge in [-0.05, 0) is 43.7 Å². The lowest BCUT2D eigenvalue weighted by Crippen LogP contribution is -2.08. The average Bonchev–Trinajstić information content (AvgIpc) is 2.90. The van der Waals surface area contributed by atoms with E-state index in [1.54, 1.807) is 50.8 Å². The van der Waals surface area contributed by atoms with Crippen LogP contribution in [0.2, 0.25) is 0 Å². The van der Waals surface area contributed by atoms with Crippen LogP contribution in [0, 0.1) is 35.0 Å². The highest BCUT2D eigenvalue weighted by atomic mass is 32.2. The van der Waals surface area contributed by atoms with Crippen molar-refractivity contribution < 1.29 is 26.4 Å². The molecule has 0 spiro atoms. The van der Waals surface area contributed by atoms with E-state index in [1.807, 2.05) is 13.8 Å². The standard InChI is InChI=1S/C11H18O.C9H14O.2C4H4N2.2C2H6O2S/c1-5-6-7-10(12)8-9-11(2,3)4;1-4-5-6-9(10)7-8(2)3;2*1-2-5-4-6-3-1;2*1-5(2,3)4/h7-9H2,1-4H3;8H,6-7H2,1-3H3;2*1-4H;2*1-2H3. The SMILES string of the molecule is CC#CCC(=O)CC(C)C.CC#CCC(=O)CCC(C)(C)C.CS(C)(=O)=O.CS(C)(=O)=O.c1cncnc1.c1cncnc1. The van der Waals surface area contributed by atoms with Crippen LogP contribution in [0.15, 0.2) is 49.6 Å². The predicted octanol–water partition coefficient (Wildman–Crippen LogP) is 5.09. The van der Waals surface area contributed by atoms with Crippen LogP contribution < -0.4 is 0 Å². The van der Waals surface area contributed by atoms with Gasteiger partial charge in [-0.1, -0.05) is 46.5 Å². The second-order valence-electron chi connectivity index (χ2n) is 11.0. The Hall–Kier alpha value is -3.48. The van der Waals surface area contributed by atoms with E-state index in [4.69, 9.17) is 0 Å². The van der Waals surface area contributed by atoms with Crippen molar-refractivity contribution in [3.05, 3.63) is 49.6 Å². The number of rotatable bonds is 6. The van der Waals surface area contributed by atoms with E-state index in [1.165, 1.54) is 12.7 Å². The van der Waals surface area contributed by atoms with Gasteiger partial charge in [0.05, 0.1) is 12.8 Å². The summed E-state index contributed by atoms with van der Waals surface area (Å²) in [6.45, 7) is 14.0. The zero-order valence-electron chi connectivity index (χ0n) is 28.3. The number of sulfone groups is 2. The first-order chi connectivity index (χ1) is 20.1. The molecule has 0 aliphatic carbocycles. The lowest BCUT2D eigenvalue weighted by Gasteiger charge is -2.16. The molecule has 0 amide bonds. The fourth-order valence-corrected chi connectivity index (χ4v) is 2.01. The Morgan fingerprint density at radius 1 is 0.682 bits per heavy atom. The maximum absolute atomic E-state index is 11.1. The Morgan fingerprint density at radius 2 is 1.00 bits per heavy atom. The highest BCUT2D eigenvalue weighted by Gasteiger charge is 2.11. The monoisotopic (exact) mass is 652 g/mol. The van der Waals surface area contributed by atoms with Crippen LogP contribution in [0.3, 0.4) is 0 Å². The van der Waals surface area contributed by atoms with E-state index < -0.39 is 19.7 Å². The molecule has 2 rings (SSSR count). The van der Waals surface area contributed by atoms with Crippen molar-refractivity contribution in [2.24, 2.45) is 11.3 Å². The molecule has 0 radical (unpaired) electrons. The molecule has 10 nitrogen and oxygen atoms in total. The predicted molar refractivity (Wildman–Crippen MR) is 180 cm³/mol. The summed E-state index contributed by atoms with van der Waals surface area (Å²) >= 11 is 0. The normalized spacial score (nSPS) is 9.64. The van der Waals surface area contributed by atoms with Crippen LogP contribution in [0.25, 0.3) is 0 Å². The number of aromatic nitrogens is 4. The van der Waals surface area contributed by atoms with Crippen molar-refractivity contribution in [2.75, 3.05) is 25.0 Å². The van der Waals surface area contributed by atoms with Gasteiger partial charge in [-0.3, -0.25) is 9.59 Å². The highest BCUT2D eigenvalue weighted by Crippen LogP contribution is 2.20.